The van der Waals surface area contributed by atoms with Gasteiger partial charge in [-0.15, -0.1) is 0 Å². The number of amides is 2. The van der Waals surface area contributed by atoms with Gasteiger partial charge in [0.2, 0.25) is 0 Å². The van der Waals surface area contributed by atoms with Crippen molar-refractivity contribution in [3.63, 3.8) is 0 Å². The molecule has 0 bridgehead atoms. The van der Waals surface area contributed by atoms with Crippen molar-refractivity contribution in [2.45, 2.75) is 26.7 Å². The van der Waals surface area contributed by atoms with Crippen molar-refractivity contribution in [3.05, 3.63) is 59.2 Å². The van der Waals surface area contributed by atoms with E-state index >= 15 is 0 Å². The van der Waals surface area contributed by atoms with E-state index in [-0.39, 0.29) is 6.03 Å². The maximum absolute atomic E-state index is 12.3. The summed E-state index contributed by atoms with van der Waals surface area (Å²) in [6, 6.07) is 14.2. The summed E-state index contributed by atoms with van der Waals surface area (Å²) >= 11 is 0. The van der Waals surface area contributed by atoms with Crippen LogP contribution in [-0.2, 0) is 6.42 Å². The van der Waals surface area contributed by atoms with Crippen molar-refractivity contribution in [1.29, 1.82) is 0 Å². The first-order valence-electron chi connectivity index (χ1n) is 8.49. The van der Waals surface area contributed by atoms with Crippen LogP contribution in [0.25, 0.3) is 0 Å². The van der Waals surface area contributed by atoms with E-state index in [2.05, 4.69) is 37.4 Å². The maximum Gasteiger partial charge on any atom is 0.321 e. The molecule has 0 fully saturated rings. The van der Waals surface area contributed by atoms with E-state index in [9.17, 15) is 4.79 Å². The largest absolute Gasteiger partial charge is 0.493 e. The molecule has 1 aliphatic rings. The fraction of sp³-hybridized carbons (Fsp3) is 0.350. The summed E-state index contributed by atoms with van der Waals surface area (Å²) in [5, 5.41) is 2.99. The lowest BCUT2D eigenvalue weighted by Crippen LogP contribution is -2.39. The van der Waals surface area contributed by atoms with Crippen LogP contribution in [0, 0.1) is 13.8 Å². The van der Waals surface area contributed by atoms with Crippen LogP contribution in [0.15, 0.2) is 42.5 Å². The van der Waals surface area contributed by atoms with Gasteiger partial charge in [0.1, 0.15) is 5.75 Å². The Morgan fingerprint density at radius 2 is 1.88 bits per heavy atom. The molecular weight excluding hydrogens is 300 g/mol. The predicted octanol–water partition coefficient (Wildman–Crippen LogP) is 3.84. The summed E-state index contributed by atoms with van der Waals surface area (Å²) in [5.41, 5.74) is 4.56. The van der Waals surface area contributed by atoms with Gasteiger partial charge in [-0.3, -0.25) is 4.90 Å². The van der Waals surface area contributed by atoms with Crippen molar-refractivity contribution in [2.24, 2.45) is 0 Å². The van der Waals surface area contributed by atoms with Gasteiger partial charge in [-0.25, -0.2) is 4.79 Å². The summed E-state index contributed by atoms with van der Waals surface area (Å²) in [5.74, 6) is 0.956. The minimum Gasteiger partial charge on any atom is -0.493 e. The number of rotatable bonds is 5. The lowest BCUT2D eigenvalue weighted by Gasteiger charge is -2.18. The van der Waals surface area contributed by atoms with E-state index in [1.165, 1.54) is 5.56 Å². The molecule has 0 spiro atoms. The van der Waals surface area contributed by atoms with Gasteiger partial charge in [-0.1, -0.05) is 36.4 Å². The zero-order valence-corrected chi connectivity index (χ0v) is 14.3. The van der Waals surface area contributed by atoms with Gasteiger partial charge in [-0.05, 0) is 49.4 Å². The van der Waals surface area contributed by atoms with Crippen molar-refractivity contribution in [3.8, 4) is 5.75 Å². The fourth-order valence-electron chi connectivity index (χ4n) is 3.11. The highest BCUT2D eigenvalue weighted by Gasteiger charge is 2.23. The summed E-state index contributed by atoms with van der Waals surface area (Å²) in [4.78, 5) is 14.1. The van der Waals surface area contributed by atoms with E-state index in [1.54, 1.807) is 0 Å². The number of urea groups is 1. The number of para-hydroxylation sites is 2. The number of hydrogen-bond acceptors (Lipinski definition) is 2. The summed E-state index contributed by atoms with van der Waals surface area (Å²) in [6.07, 6.45) is 1.72. The van der Waals surface area contributed by atoms with Crippen LogP contribution >= 0.6 is 0 Å². The van der Waals surface area contributed by atoms with E-state index in [0.717, 1.165) is 42.0 Å². The normalized spacial score (nSPS) is 12.8. The molecule has 2 amide bonds. The lowest BCUT2D eigenvalue weighted by atomic mass is 10.1. The molecule has 4 heteroatoms. The first-order valence-corrected chi connectivity index (χ1v) is 8.49. The van der Waals surface area contributed by atoms with Crippen molar-refractivity contribution < 1.29 is 9.53 Å². The van der Waals surface area contributed by atoms with E-state index in [0.29, 0.717) is 13.2 Å². The predicted molar refractivity (Wildman–Crippen MR) is 96.9 cm³/mol. The SMILES string of the molecule is Cc1cccc(C)c1OCCCNC(=O)N1CCc2ccccc21. The van der Waals surface area contributed by atoms with Crippen LogP contribution in [0.1, 0.15) is 23.1 Å². The first kappa shape index (κ1) is 16.4. The van der Waals surface area contributed by atoms with Gasteiger partial charge < -0.3 is 10.1 Å². The van der Waals surface area contributed by atoms with Crippen LogP contribution in [0.2, 0.25) is 0 Å². The Labute approximate surface area is 143 Å². The van der Waals surface area contributed by atoms with Crippen LogP contribution in [0.5, 0.6) is 5.75 Å². The number of carbonyl (C=O) groups excluding carboxylic acids is 1. The fourth-order valence-corrected chi connectivity index (χ4v) is 3.11. The van der Waals surface area contributed by atoms with Crippen LogP contribution in [0.4, 0.5) is 10.5 Å². The van der Waals surface area contributed by atoms with Gasteiger partial charge in [0.25, 0.3) is 0 Å². The Bertz CT molecular complexity index is 707. The zero-order chi connectivity index (χ0) is 16.9. The molecule has 0 atom stereocenters. The average Bonchev–Trinajstić information content (AvgIpc) is 3.01. The highest BCUT2D eigenvalue weighted by molar-refractivity contribution is 5.94. The Hall–Kier alpha value is -2.49. The number of nitrogens with zero attached hydrogens (tertiary/aromatic N) is 1. The van der Waals surface area contributed by atoms with Gasteiger partial charge in [-0.2, -0.15) is 0 Å². The average molecular weight is 324 g/mol. The summed E-state index contributed by atoms with van der Waals surface area (Å²) < 4.78 is 5.87. The number of anilines is 1. The van der Waals surface area contributed by atoms with E-state index in [4.69, 9.17) is 4.74 Å². The minimum absolute atomic E-state index is 0.0213. The Kier molecular flexibility index (Phi) is 5.04. The highest BCUT2D eigenvalue weighted by Crippen LogP contribution is 2.27. The van der Waals surface area contributed by atoms with Gasteiger partial charge in [0.05, 0.1) is 6.61 Å². The molecule has 2 aromatic carbocycles. The maximum atomic E-state index is 12.3. The van der Waals surface area contributed by atoms with Crippen molar-refractivity contribution in [1.82, 2.24) is 5.32 Å². The second kappa shape index (κ2) is 7.39. The molecule has 0 aromatic heterocycles. The number of aryl methyl sites for hydroxylation is 2. The van der Waals surface area contributed by atoms with Crippen LogP contribution in [0.3, 0.4) is 0 Å². The minimum atomic E-state index is -0.0213. The second-order valence-electron chi connectivity index (χ2n) is 6.19. The molecule has 1 aliphatic heterocycles. The first-order chi connectivity index (χ1) is 11.7. The molecule has 2 aromatic rings. The Morgan fingerprint density at radius 3 is 2.67 bits per heavy atom. The third-order valence-electron chi connectivity index (χ3n) is 4.38. The smallest absolute Gasteiger partial charge is 0.321 e. The Balaban J connectivity index is 1.44. The lowest BCUT2D eigenvalue weighted by molar-refractivity contribution is 0.244. The van der Waals surface area contributed by atoms with Crippen LogP contribution in [-0.4, -0.2) is 25.7 Å². The van der Waals surface area contributed by atoms with E-state index < -0.39 is 0 Å². The number of nitrogens with one attached hydrogen (secondary N) is 1. The van der Waals surface area contributed by atoms with Gasteiger partial charge >= 0.3 is 6.03 Å². The number of benzene rings is 2. The summed E-state index contributed by atoms with van der Waals surface area (Å²) in [7, 11) is 0. The molecule has 0 radical (unpaired) electrons. The topological polar surface area (TPSA) is 41.6 Å². The standard InChI is InChI=1S/C20H24N2O2/c1-15-7-5-8-16(2)19(15)24-14-6-12-21-20(23)22-13-11-17-9-3-4-10-18(17)22/h3-5,7-10H,6,11-14H2,1-2H3,(H,21,23). The molecule has 1 N–H and O–H groups in total. The summed E-state index contributed by atoms with van der Waals surface area (Å²) in [6.45, 7) is 6.07. The molecule has 4 nitrogen and oxygen atoms in total. The highest BCUT2D eigenvalue weighted by atomic mass is 16.5. The monoisotopic (exact) mass is 324 g/mol. The number of fused-ring (bicyclic) bond motifs is 1. The second-order valence-corrected chi connectivity index (χ2v) is 6.19. The molecule has 24 heavy (non-hydrogen) atoms. The van der Waals surface area contributed by atoms with Crippen LogP contribution < -0.4 is 15.0 Å². The zero-order valence-electron chi connectivity index (χ0n) is 14.3. The van der Waals surface area contributed by atoms with Gasteiger partial charge in [0.15, 0.2) is 0 Å². The molecule has 0 saturated carbocycles. The molecule has 0 saturated heterocycles. The third kappa shape index (κ3) is 3.53. The number of hydrogen-bond donors (Lipinski definition) is 1. The number of ether oxygens (including phenoxy) is 1. The number of carbonyl (C=O) groups is 1. The molecular formula is C20H24N2O2. The van der Waals surface area contributed by atoms with Crippen molar-refractivity contribution in [2.75, 3.05) is 24.6 Å². The van der Waals surface area contributed by atoms with Crippen molar-refractivity contribution >= 4 is 11.7 Å². The van der Waals surface area contributed by atoms with Gasteiger partial charge in [0, 0.05) is 18.8 Å². The molecule has 126 valence electrons. The molecule has 0 unspecified atom stereocenters. The Morgan fingerprint density at radius 1 is 1.12 bits per heavy atom. The molecule has 0 aliphatic carbocycles. The van der Waals surface area contributed by atoms with E-state index in [1.807, 2.05) is 29.2 Å². The third-order valence-corrected chi connectivity index (χ3v) is 4.38. The molecule has 1 heterocycles. The quantitative estimate of drug-likeness (QED) is 0.849. The molecule has 3 rings (SSSR count).